The number of carbonyl (C=O) groups is 2. The monoisotopic (exact) mass is 462 g/mol. The number of nitrogens with one attached hydrogen (secondary N) is 1. The van der Waals surface area contributed by atoms with Gasteiger partial charge in [0.2, 0.25) is 18.6 Å². The number of fused-ring (bicyclic) bond motifs is 1. The molecule has 1 saturated heterocycles. The zero-order valence-electron chi connectivity index (χ0n) is 19.8. The second-order valence-corrected chi connectivity index (χ2v) is 9.83. The molecule has 2 aromatic rings. The molecule has 2 aromatic carbocycles. The number of likely N-dealkylation sites (tertiary alicyclic amines) is 1. The fourth-order valence-corrected chi connectivity index (χ4v) is 5.71. The Morgan fingerprint density at radius 3 is 2.44 bits per heavy atom. The average molecular weight is 463 g/mol. The second-order valence-electron chi connectivity index (χ2n) is 9.83. The van der Waals surface area contributed by atoms with Gasteiger partial charge >= 0.3 is 0 Å². The van der Waals surface area contributed by atoms with Crippen molar-refractivity contribution in [3.8, 4) is 11.5 Å². The Balaban J connectivity index is 1.19. The van der Waals surface area contributed by atoms with E-state index < -0.39 is 5.41 Å². The summed E-state index contributed by atoms with van der Waals surface area (Å²) in [6, 6.07) is 16.3. The summed E-state index contributed by atoms with van der Waals surface area (Å²) in [4.78, 5) is 28.4. The van der Waals surface area contributed by atoms with Gasteiger partial charge in [-0.25, -0.2) is 0 Å². The zero-order chi connectivity index (χ0) is 23.4. The van der Waals surface area contributed by atoms with Gasteiger partial charge in [-0.1, -0.05) is 55.7 Å². The molecule has 6 nitrogen and oxygen atoms in total. The topological polar surface area (TPSA) is 67.9 Å². The van der Waals surface area contributed by atoms with Gasteiger partial charge in [0.15, 0.2) is 11.5 Å². The molecule has 0 atom stereocenters. The van der Waals surface area contributed by atoms with E-state index in [-0.39, 0.29) is 24.6 Å². The molecule has 34 heavy (non-hydrogen) atoms. The van der Waals surface area contributed by atoms with Gasteiger partial charge in [-0.15, -0.1) is 0 Å². The van der Waals surface area contributed by atoms with E-state index in [4.69, 9.17) is 9.47 Å². The second kappa shape index (κ2) is 10.1. The van der Waals surface area contributed by atoms with Gasteiger partial charge in [-0.3, -0.25) is 9.59 Å². The Kier molecular flexibility index (Phi) is 6.75. The number of ether oxygens (including phenoxy) is 2. The molecule has 0 spiro atoms. The van der Waals surface area contributed by atoms with E-state index in [1.807, 2.05) is 35.2 Å². The predicted octanol–water partition coefficient (Wildman–Crippen LogP) is 4.36. The summed E-state index contributed by atoms with van der Waals surface area (Å²) in [5.74, 6) is 1.83. The van der Waals surface area contributed by atoms with Gasteiger partial charge in [0.1, 0.15) is 0 Å². The lowest BCUT2D eigenvalue weighted by molar-refractivity contribution is -0.140. The molecular formula is C28H34N2O4. The maximum atomic E-state index is 13.9. The number of hydrogen-bond donors (Lipinski definition) is 1. The van der Waals surface area contributed by atoms with Crippen LogP contribution in [0.2, 0.25) is 0 Å². The van der Waals surface area contributed by atoms with Crippen molar-refractivity contribution in [2.24, 2.45) is 0 Å². The van der Waals surface area contributed by atoms with Gasteiger partial charge in [0, 0.05) is 25.6 Å². The van der Waals surface area contributed by atoms with Crippen molar-refractivity contribution < 1.29 is 19.1 Å². The Labute approximate surface area is 201 Å². The molecule has 2 amide bonds. The predicted molar refractivity (Wildman–Crippen MR) is 130 cm³/mol. The molecule has 0 radical (unpaired) electrons. The number of nitrogens with zero attached hydrogens (tertiary/aromatic N) is 1. The Morgan fingerprint density at radius 2 is 1.68 bits per heavy atom. The number of piperidine rings is 1. The molecule has 0 unspecified atom stereocenters. The molecule has 0 aromatic heterocycles. The van der Waals surface area contributed by atoms with E-state index in [9.17, 15) is 9.59 Å². The maximum absolute atomic E-state index is 13.9. The van der Waals surface area contributed by atoms with Crippen LogP contribution in [0.4, 0.5) is 0 Å². The number of amides is 2. The van der Waals surface area contributed by atoms with Gasteiger partial charge in [0.05, 0.1) is 5.41 Å². The fourth-order valence-electron chi connectivity index (χ4n) is 5.71. The van der Waals surface area contributed by atoms with Crippen molar-refractivity contribution >= 4 is 11.8 Å². The van der Waals surface area contributed by atoms with Gasteiger partial charge in [0.25, 0.3) is 0 Å². The minimum Gasteiger partial charge on any atom is -0.454 e. The largest absolute Gasteiger partial charge is 0.454 e. The lowest BCUT2D eigenvalue weighted by Gasteiger charge is -2.42. The van der Waals surface area contributed by atoms with Crippen molar-refractivity contribution in [2.45, 2.75) is 69.2 Å². The highest BCUT2D eigenvalue weighted by Crippen LogP contribution is 2.45. The lowest BCUT2D eigenvalue weighted by Crippen LogP contribution is -2.53. The number of carbonyl (C=O) groups excluding carboxylic acids is 2. The van der Waals surface area contributed by atoms with Crippen molar-refractivity contribution in [3.05, 3.63) is 59.7 Å². The third-order valence-corrected chi connectivity index (χ3v) is 7.67. The van der Waals surface area contributed by atoms with Crippen LogP contribution in [0.1, 0.15) is 62.5 Å². The van der Waals surface area contributed by atoms with Crippen LogP contribution in [0, 0.1) is 0 Å². The smallest absolute Gasteiger partial charge is 0.233 e. The van der Waals surface area contributed by atoms with E-state index >= 15 is 0 Å². The molecule has 5 rings (SSSR count). The molecule has 180 valence electrons. The summed E-state index contributed by atoms with van der Waals surface area (Å²) in [7, 11) is 0. The molecule has 6 heteroatoms. The molecule has 2 heterocycles. The highest BCUT2D eigenvalue weighted by Gasteiger charge is 2.44. The summed E-state index contributed by atoms with van der Waals surface area (Å²) in [6.07, 6.45) is 7.92. The van der Waals surface area contributed by atoms with E-state index in [2.05, 4.69) is 23.5 Å². The number of hydrogen-bond acceptors (Lipinski definition) is 4. The van der Waals surface area contributed by atoms with Crippen LogP contribution in [-0.4, -0.2) is 42.6 Å². The van der Waals surface area contributed by atoms with Gasteiger partial charge < -0.3 is 19.7 Å². The summed E-state index contributed by atoms with van der Waals surface area (Å²) in [5, 5.41) is 3.19. The SMILES string of the molecule is O=C(CCc1ccccc1)NC1CCN(C(=O)C2(c3ccc4c(c3)OCO4)CCCCC2)CC1. The minimum absolute atomic E-state index is 0.0951. The van der Waals surface area contributed by atoms with Gasteiger partial charge in [-0.2, -0.15) is 0 Å². The number of rotatable bonds is 6. The lowest BCUT2D eigenvalue weighted by atomic mass is 9.68. The first-order chi connectivity index (χ1) is 16.6. The molecule has 1 N–H and O–H groups in total. The molecule has 0 bridgehead atoms. The van der Waals surface area contributed by atoms with Crippen LogP contribution in [0.15, 0.2) is 48.5 Å². The summed E-state index contributed by atoms with van der Waals surface area (Å²) in [6.45, 7) is 1.62. The Bertz CT molecular complexity index is 1010. The normalized spacial score (nSPS) is 19.6. The zero-order valence-corrected chi connectivity index (χ0v) is 19.8. The van der Waals surface area contributed by atoms with Crippen LogP contribution in [0.5, 0.6) is 11.5 Å². The van der Waals surface area contributed by atoms with Crippen molar-refractivity contribution in [3.63, 3.8) is 0 Å². The molecule has 1 aliphatic carbocycles. The molecule has 3 aliphatic rings. The number of aryl methyl sites for hydroxylation is 1. The van der Waals surface area contributed by atoms with Gasteiger partial charge in [-0.05, 0) is 55.4 Å². The molecule has 2 aliphatic heterocycles. The van der Waals surface area contributed by atoms with Crippen molar-refractivity contribution in [1.82, 2.24) is 10.2 Å². The first kappa shape index (κ1) is 22.8. The Hall–Kier alpha value is -3.02. The van der Waals surface area contributed by atoms with Crippen LogP contribution in [-0.2, 0) is 21.4 Å². The quantitative estimate of drug-likeness (QED) is 0.693. The first-order valence-corrected chi connectivity index (χ1v) is 12.7. The van der Waals surface area contributed by atoms with Crippen molar-refractivity contribution in [2.75, 3.05) is 19.9 Å². The van der Waals surface area contributed by atoms with Crippen LogP contribution >= 0.6 is 0 Å². The van der Waals surface area contributed by atoms with E-state index in [0.29, 0.717) is 19.5 Å². The van der Waals surface area contributed by atoms with E-state index in [0.717, 1.165) is 62.0 Å². The highest BCUT2D eigenvalue weighted by molar-refractivity contribution is 5.89. The van der Waals surface area contributed by atoms with Crippen LogP contribution in [0.3, 0.4) is 0 Å². The Morgan fingerprint density at radius 1 is 0.941 bits per heavy atom. The summed E-state index contributed by atoms with van der Waals surface area (Å²) >= 11 is 0. The third-order valence-electron chi connectivity index (χ3n) is 7.67. The summed E-state index contributed by atoms with van der Waals surface area (Å²) < 4.78 is 11.1. The molecule has 2 fully saturated rings. The standard InChI is InChI=1S/C28H34N2O4/c31-26(12-9-21-7-3-1-4-8-21)29-23-13-17-30(18-14-23)27(32)28(15-5-2-6-16-28)22-10-11-24-25(19-22)34-20-33-24/h1,3-4,7-8,10-11,19,23H,2,5-6,9,12-18,20H2,(H,29,31). The van der Waals surface area contributed by atoms with Crippen molar-refractivity contribution in [1.29, 1.82) is 0 Å². The van der Waals surface area contributed by atoms with Crippen LogP contribution in [0.25, 0.3) is 0 Å². The van der Waals surface area contributed by atoms with E-state index in [1.54, 1.807) is 0 Å². The molecule has 1 saturated carbocycles. The highest BCUT2D eigenvalue weighted by atomic mass is 16.7. The minimum atomic E-state index is -0.481. The first-order valence-electron chi connectivity index (χ1n) is 12.7. The average Bonchev–Trinajstić information content (AvgIpc) is 3.37. The fraction of sp³-hybridized carbons (Fsp3) is 0.500. The maximum Gasteiger partial charge on any atom is 0.233 e. The summed E-state index contributed by atoms with van der Waals surface area (Å²) in [5.41, 5.74) is 1.75. The van der Waals surface area contributed by atoms with Crippen LogP contribution < -0.4 is 14.8 Å². The van der Waals surface area contributed by atoms with E-state index in [1.165, 1.54) is 12.0 Å². The third kappa shape index (κ3) is 4.77. The molecular weight excluding hydrogens is 428 g/mol. The number of benzene rings is 2.